The number of fused-ring (bicyclic) bond motifs is 1. The molecule has 1 aromatic carbocycles. The van der Waals surface area contributed by atoms with Crippen molar-refractivity contribution in [3.8, 4) is 11.5 Å². The zero-order chi connectivity index (χ0) is 12.6. The topological polar surface area (TPSA) is 73.7 Å². The van der Waals surface area contributed by atoms with Gasteiger partial charge in [-0.05, 0) is 32.6 Å². The molecule has 2 rings (SSSR count). The molecule has 0 aliphatic carbocycles. The third kappa shape index (κ3) is 2.24. The number of likely N-dealkylation sites (N-methyl/N-ethyl adjacent to an activating group) is 1. The Labute approximate surface area is 101 Å². The van der Waals surface area contributed by atoms with Gasteiger partial charge in [-0.25, -0.2) is 0 Å². The Morgan fingerprint density at radius 1 is 1.35 bits per heavy atom. The first-order chi connectivity index (χ1) is 7.99. The lowest BCUT2D eigenvalue weighted by Gasteiger charge is -2.30. The van der Waals surface area contributed by atoms with Gasteiger partial charge in [0.2, 0.25) is 0 Å². The zero-order valence-electron chi connectivity index (χ0n) is 10.5. The van der Waals surface area contributed by atoms with E-state index >= 15 is 0 Å². The second-order valence-electron chi connectivity index (χ2n) is 4.67. The van der Waals surface area contributed by atoms with Gasteiger partial charge in [0.15, 0.2) is 11.5 Å². The van der Waals surface area contributed by atoms with Crippen molar-refractivity contribution in [2.24, 2.45) is 0 Å². The van der Waals surface area contributed by atoms with Gasteiger partial charge in [0.25, 0.3) is 0 Å². The molecule has 0 bridgehead atoms. The normalized spacial score (nSPS) is 18.5. The number of hydrogen-bond acceptors (Lipinski definition) is 5. The number of nitrogens with two attached hydrogens (primary N) is 2. The number of rotatable bonds is 2. The molecule has 0 saturated heterocycles. The van der Waals surface area contributed by atoms with E-state index in [1.54, 1.807) is 0 Å². The highest BCUT2D eigenvalue weighted by molar-refractivity contribution is 5.74. The van der Waals surface area contributed by atoms with Crippen LogP contribution in [0.1, 0.15) is 5.56 Å². The van der Waals surface area contributed by atoms with Gasteiger partial charge in [-0.15, -0.1) is 0 Å². The minimum atomic E-state index is -0.0130. The standard InChI is InChI=1S/C12H19N3O2/c1-7-4-9(13)11-12(10(7)14)17-8(6-16-11)5-15(2)3/h4,8H,5-6,13-14H2,1-3H3. The first-order valence-corrected chi connectivity index (χ1v) is 5.61. The molecule has 1 heterocycles. The quantitative estimate of drug-likeness (QED) is 0.746. The molecule has 0 radical (unpaired) electrons. The molecule has 5 heteroatoms. The average Bonchev–Trinajstić information content (AvgIpc) is 2.25. The van der Waals surface area contributed by atoms with Crippen LogP contribution in [0.2, 0.25) is 0 Å². The van der Waals surface area contributed by atoms with E-state index < -0.39 is 0 Å². The van der Waals surface area contributed by atoms with Crippen LogP contribution >= 0.6 is 0 Å². The fourth-order valence-corrected chi connectivity index (χ4v) is 1.95. The fraction of sp³-hybridized carbons (Fsp3) is 0.500. The van der Waals surface area contributed by atoms with Crippen molar-refractivity contribution in [1.29, 1.82) is 0 Å². The molecule has 94 valence electrons. The van der Waals surface area contributed by atoms with Gasteiger partial charge in [-0.1, -0.05) is 0 Å². The molecule has 4 N–H and O–H groups in total. The van der Waals surface area contributed by atoms with Crippen molar-refractivity contribution in [3.63, 3.8) is 0 Å². The predicted octanol–water partition coefficient (Wildman–Crippen LogP) is 0.861. The Bertz CT molecular complexity index is 432. The van der Waals surface area contributed by atoms with Gasteiger partial charge < -0.3 is 25.8 Å². The summed E-state index contributed by atoms with van der Waals surface area (Å²) < 4.78 is 11.5. The van der Waals surface area contributed by atoms with Crippen LogP contribution in [-0.2, 0) is 0 Å². The highest BCUT2D eigenvalue weighted by Gasteiger charge is 2.26. The lowest BCUT2D eigenvalue weighted by atomic mass is 10.1. The van der Waals surface area contributed by atoms with E-state index in [0.717, 1.165) is 12.1 Å². The summed E-state index contributed by atoms with van der Waals surface area (Å²) in [7, 11) is 3.99. The van der Waals surface area contributed by atoms with Crippen LogP contribution in [0, 0.1) is 6.92 Å². The molecule has 0 amide bonds. The van der Waals surface area contributed by atoms with E-state index in [0.29, 0.717) is 29.5 Å². The SMILES string of the molecule is Cc1cc(N)c2c(c1N)OC(CN(C)C)CO2. The third-order valence-electron chi connectivity index (χ3n) is 2.78. The summed E-state index contributed by atoms with van der Waals surface area (Å²) in [4.78, 5) is 2.05. The van der Waals surface area contributed by atoms with Crippen LogP contribution in [0.3, 0.4) is 0 Å². The van der Waals surface area contributed by atoms with E-state index in [2.05, 4.69) is 0 Å². The molecule has 0 spiro atoms. The summed E-state index contributed by atoms with van der Waals surface area (Å²) in [6, 6.07) is 1.81. The summed E-state index contributed by atoms with van der Waals surface area (Å²) >= 11 is 0. The van der Waals surface area contributed by atoms with E-state index in [4.69, 9.17) is 20.9 Å². The number of aryl methyl sites for hydroxylation is 1. The van der Waals surface area contributed by atoms with Crippen molar-refractivity contribution in [2.75, 3.05) is 38.7 Å². The maximum atomic E-state index is 5.99. The van der Waals surface area contributed by atoms with Crippen LogP contribution in [0.25, 0.3) is 0 Å². The highest BCUT2D eigenvalue weighted by atomic mass is 16.6. The third-order valence-corrected chi connectivity index (χ3v) is 2.78. The summed E-state index contributed by atoms with van der Waals surface area (Å²) in [6.45, 7) is 3.19. The number of nitrogen functional groups attached to an aromatic ring is 2. The van der Waals surface area contributed by atoms with Crippen molar-refractivity contribution in [1.82, 2.24) is 4.90 Å². The molecular weight excluding hydrogens is 218 g/mol. The molecule has 0 saturated carbocycles. The Hall–Kier alpha value is -1.62. The van der Waals surface area contributed by atoms with Crippen molar-refractivity contribution >= 4 is 11.4 Å². The molecular formula is C12H19N3O2. The molecule has 17 heavy (non-hydrogen) atoms. The van der Waals surface area contributed by atoms with Crippen LogP contribution in [0.4, 0.5) is 11.4 Å². The van der Waals surface area contributed by atoms with Crippen LogP contribution in [0.5, 0.6) is 11.5 Å². The largest absolute Gasteiger partial charge is 0.484 e. The van der Waals surface area contributed by atoms with Crippen molar-refractivity contribution in [2.45, 2.75) is 13.0 Å². The zero-order valence-corrected chi connectivity index (χ0v) is 10.5. The van der Waals surface area contributed by atoms with Gasteiger partial charge in [0, 0.05) is 6.54 Å². The minimum Gasteiger partial charge on any atom is -0.484 e. The Morgan fingerprint density at radius 3 is 2.71 bits per heavy atom. The van der Waals surface area contributed by atoms with E-state index in [1.165, 1.54) is 0 Å². The first kappa shape index (κ1) is 11.9. The van der Waals surface area contributed by atoms with E-state index in [9.17, 15) is 0 Å². The van der Waals surface area contributed by atoms with Gasteiger partial charge in [0.05, 0.1) is 11.4 Å². The van der Waals surface area contributed by atoms with Crippen molar-refractivity contribution in [3.05, 3.63) is 11.6 Å². The Morgan fingerprint density at radius 2 is 2.06 bits per heavy atom. The van der Waals surface area contributed by atoms with Gasteiger partial charge >= 0.3 is 0 Å². The predicted molar refractivity (Wildman–Crippen MR) is 68.5 cm³/mol. The van der Waals surface area contributed by atoms with Crippen LogP contribution in [-0.4, -0.2) is 38.3 Å². The van der Waals surface area contributed by atoms with Crippen LogP contribution in [0.15, 0.2) is 6.07 Å². The summed E-state index contributed by atoms with van der Waals surface area (Å²) in [5.74, 6) is 1.16. The molecule has 1 unspecified atom stereocenters. The number of hydrogen-bond donors (Lipinski definition) is 2. The molecule has 1 aliphatic rings. The first-order valence-electron chi connectivity index (χ1n) is 5.61. The second kappa shape index (κ2) is 4.33. The summed E-state index contributed by atoms with van der Waals surface area (Å²) in [5, 5.41) is 0. The molecule has 1 aliphatic heterocycles. The molecule has 1 atom stereocenters. The Kier molecular flexibility index (Phi) is 3.02. The maximum Gasteiger partial charge on any atom is 0.187 e. The Balaban J connectivity index is 2.30. The molecule has 5 nitrogen and oxygen atoms in total. The average molecular weight is 237 g/mol. The van der Waals surface area contributed by atoms with Crippen LogP contribution < -0.4 is 20.9 Å². The van der Waals surface area contributed by atoms with E-state index in [1.807, 2.05) is 32.0 Å². The fourth-order valence-electron chi connectivity index (χ4n) is 1.95. The summed E-state index contributed by atoms with van der Waals surface area (Å²) in [6.07, 6.45) is -0.0130. The van der Waals surface area contributed by atoms with Gasteiger partial charge in [0.1, 0.15) is 12.7 Å². The van der Waals surface area contributed by atoms with Gasteiger partial charge in [-0.3, -0.25) is 0 Å². The number of ether oxygens (including phenoxy) is 2. The number of anilines is 2. The van der Waals surface area contributed by atoms with Gasteiger partial charge in [-0.2, -0.15) is 0 Å². The molecule has 0 fully saturated rings. The maximum absolute atomic E-state index is 5.99. The second-order valence-corrected chi connectivity index (χ2v) is 4.67. The molecule has 0 aromatic heterocycles. The lowest BCUT2D eigenvalue weighted by Crippen LogP contribution is -2.38. The smallest absolute Gasteiger partial charge is 0.187 e. The summed E-state index contributed by atoms with van der Waals surface area (Å²) in [5.41, 5.74) is 14.0. The van der Waals surface area contributed by atoms with E-state index in [-0.39, 0.29) is 6.10 Å². The molecule has 1 aromatic rings. The minimum absolute atomic E-state index is 0.0130. The monoisotopic (exact) mass is 237 g/mol. The number of benzene rings is 1. The lowest BCUT2D eigenvalue weighted by molar-refractivity contribution is 0.0725. The number of nitrogens with zero attached hydrogens (tertiary/aromatic N) is 1. The highest BCUT2D eigenvalue weighted by Crippen LogP contribution is 2.43. The van der Waals surface area contributed by atoms with Crippen molar-refractivity contribution < 1.29 is 9.47 Å².